The third kappa shape index (κ3) is 21.8. The fourth-order valence-corrected chi connectivity index (χ4v) is 2.22. The van der Waals surface area contributed by atoms with Gasteiger partial charge in [0.05, 0.1) is 45.7 Å². The molecule has 0 aliphatic carbocycles. The zero-order valence-electron chi connectivity index (χ0n) is 15.8. The van der Waals surface area contributed by atoms with Crippen LogP contribution in [-0.4, -0.2) is 52.4 Å². The Morgan fingerprint density at radius 1 is 0.522 bits per heavy atom. The molecule has 0 rings (SSSR count). The van der Waals surface area contributed by atoms with Crippen molar-refractivity contribution >= 4 is 0 Å². The molecule has 0 N–H and O–H groups in total. The number of rotatable bonds is 19. The smallest absolute Gasteiger partial charge is 0.0703 e. The molecule has 0 aliphatic rings. The molecule has 0 aliphatic heterocycles. The van der Waals surface area contributed by atoms with Gasteiger partial charge in [-0.3, -0.25) is 0 Å². The quantitative estimate of drug-likeness (QED) is 0.324. The van der Waals surface area contributed by atoms with Crippen molar-refractivity contribution in [3.63, 3.8) is 0 Å². The lowest BCUT2D eigenvalue weighted by molar-refractivity contribution is -0.0119. The predicted octanol–water partition coefficient (Wildman–Crippen LogP) is 4.60. The van der Waals surface area contributed by atoms with Gasteiger partial charge in [0.1, 0.15) is 0 Å². The first-order valence-corrected chi connectivity index (χ1v) is 9.62. The first-order chi connectivity index (χ1) is 11.3. The average Bonchev–Trinajstić information content (AvgIpc) is 2.53. The molecule has 0 unspecified atom stereocenters. The number of ether oxygens (including phenoxy) is 4. The molecule has 0 amide bonds. The van der Waals surface area contributed by atoms with Crippen LogP contribution >= 0.6 is 0 Å². The van der Waals surface area contributed by atoms with Crippen LogP contribution in [0.5, 0.6) is 0 Å². The maximum absolute atomic E-state index is 5.56. The maximum atomic E-state index is 5.56. The van der Waals surface area contributed by atoms with Crippen LogP contribution in [0.3, 0.4) is 0 Å². The minimum atomic E-state index is 0.271. The summed E-state index contributed by atoms with van der Waals surface area (Å²) in [6.07, 6.45) is 11.0. The van der Waals surface area contributed by atoms with E-state index in [0.29, 0.717) is 39.6 Å². The fraction of sp³-hybridized carbons (Fsp3) is 1.00. The molecule has 140 valence electrons. The van der Waals surface area contributed by atoms with E-state index < -0.39 is 0 Å². The summed E-state index contributed by atoms with van der Waals surface area (Å²) in [5.74, 6) is 0. The highest BCUT2D eigenvalue weighted by Crippen LogP contribution is 2.08. The summed E-state index contributed by atoms with van der Waals surface area (Å²) < 4.78 is 21.8. The number of hydrogen-bond donors (Lipinski definition) is 0. The molecule has 0 atom stereocenters. The minimum absolute atomic E-state index is 0.271. The predicted molar refractivity (Wildman–Crippen MR) is 96.2 cm³/mol. The minimum Gasteiger partial charge on any atom is -0.379 e. The van der Waals surface area contributed by atoms with Gasteiger partial charge in [-0.15, -0.1) is 0 Å². The second-order valence-electron chi connectivity index (χ2n) is 6.23. The second-order valence-corrected chi connectivity index (χ2v) is 6.23. The summed E-state index contributed by atoms with van der Waals surface area (Å²) in [5, 5.41) is 0. The monoisotopic (exact) mass is 332 g/mol. The lowest BCUT2D eigenvalue weighted by Crippen LogP contribution is -2.13. The van der Waals surface area contributed by atoms with Crippen molar-refractivity contribution in [2.45, 2.75) is 78.2 Å². The molecular weight excluding hydrogens is 292 g/mol. The number of unbranched alkanes of at least 4 members (excludes halogenated alkanes) is 7. The summed E-state index contributed by atoms with van der Waals surface area (Å²) in [6, 6.07) is 0. The largest absolute Gasteiger partial charge is 0.379 e. The van der Waals surface area contributed by atoms with E-state index in [4.69, 9.17) is 18.9 Å². The maximum Gasteiger partial charge on any atom is 0.0703 e. The van der Waals surface area contributed by atoms with E-state index >= 15 is 0 Å². The molecule has 0 radical (unpaired) electrons. The highest BCUT2D eigenvalue weighted by Gasteiger charge is 1.95. The van der Waals surface area contributed by atoms with Crippen LogP contribution in [0.1, 0.15) is 72.1 Å². The van der Waals surface area contributed by atoms with Crippen LogP contribution in [0, 0.1) is 0 Å². The van der Waals surface area contributed by atoms with Crippen molar-refractivity contribution in [3.05, 3.63) is 0 Å². The normalized spacial score (nSPS) is 11.5. The Morgan fingerprint density at radius 2 is 0.957 bits per heavy atom. The topological polar surface area (TPSA) is 36.9 Å². The molecule has 0 aromatic heterocycles. The van der Waals surface area contributed by atoms with Crippen molar-refractivity contribution in [1.29, 1.82) is 0 Å². The van der Waals surface area contributed by atoms with Gasteiger partial charge in [0.2, 0.25) is 0 Å². The van der Waals surface area contributed by atoms with Gasteiger partial charge in [0.15, 0.2) is 0 Å². The van der Waals surface area contributed by atoms with E-state index in [9.17, 15) is 0 Å². The summed E-state index contributed by atoms with van der Waals surface area (Å²) >= 11 is 0. The molecule has 0 saturated heterocycles. The van der Waals surface area contributed by atoms with Gasteiger partial charge in [0.25, 0.3) is 0 Å². The molecule has 0 saturated carbocycles. The van der Waals surface area contributed by atoms with Crippen molar-refractivity contribution in [2.75, 3.05) is 46.2 Å². The van der Waals surface area contributed by atoms with Crippen LogP contribution in [-0.2, 0) is 18.9 Å². The van der Waals surface area contributed by atoms with E-state index in [0.717, 1.165) is 6.61 Å². The highest BCUT2D eigenvalue weighted by molar-refractivity contribution is 4.46. The van der Waals surface area contributed by atoms with Crippen LogP contribution in [0.15, 0.2) is 0 Å². The van der Waals surface area contributed by atoms with Gasteiger partial charge < -0.3 is 18.9 Å². The first kappa shape index (κ1) is 22.8. The second kappa shape index (κ2) is 19.9. The molecule has 0 aromatic carbocycles. The summed E-state index contributed by atoms with van der Waals surface area (Å²) in [7, 11) is 0. The Labute approximate surface area is 144 Å². The van der Waals surface area contributed by atoms with Gasteiger partial charge in [-0.2, -0.15) is 0 Å². The molecule has 4 heteroatoms. The molecule has 0 heterocycles. The Morgan fingerprint density at radius 3 is 1.48 bits per heavy atom. The van der Waals surface area contributed by atoms with Crippen LogP contribution in [0.2, 0.25) is 0 Å². The van der Waals surface area contributed by atoms with E-state index in [1.54, 1.807) is 0 Å². The molecule has 23 heavy (non-hydrogen) atoms. The van der Waals surface area contributed by atoms with Crippen LogP contribution in [0.4, 0.5) is 0 Å². The Bertz CT molecular complexity index is 210. The molecule has 0 bridgehead atoms. The number of hydrogen-bond acceptors (Lipinski definition) is 4. The van der Waals surface area contributed by atoms with Gasteiger partial charge in [0, 0.05) is 6.61 Å². The molecular formula is C19H40O4. The zero-order valence-corrected chi connectivity index (χ0v) is 15.8. The molecule has 0 fully saturated rings. The third-order valence-electron chi connectivity index (χ3n) is 3.57. The molecule has 0 spiro atoms. The van der Waals surface area contributed by atoms with Crippen LogP contribution in [0.25, 0.3) is 0 Å². The SMILES string of the molecule is CCCCCCCCCCOCCOCCOCCOC(C)C. The van der Waals surface area contributed by atoms with Crippen molar-refractivity contribution in [1.82, 2.24) is 0 Å². The van der Waals surface area contributed by atoms with Gasteiger partial charge in [-0.1, -0.05) is 51.9 Å². The molecule has 4 nitrogen and oxygen atoms in total. The van der Waals surface area contributed by atoms with Crippen molar-refractivity contribution in [3.8, 4) is 0 Å². The lowest BCUT2D eigenvalue weighted by atomic mass is 10.1. The zero-order chi connectivity index (χ0) is 17.0. The Hall–Kier alpha value is -0.160. The van der Waals surface area contributed by atoms with Crippen molar-refractivity contribution in [2.24, 2.45) is 0 Å². The van der Waals surface area contributed by atoms with E-state index in [2.05, 4.69) is 6.92 Å². The highest BCUT2D eigenvalue weighted by atomic mass is 16.6. The first-order valence-electron chi connectivity index (χ1n) is 9.62. The molecule has 0 aromatic rings. The Balaban J connectivity index is 2.95. The van der Waals surface area contributed by atoms with Gasteiger partial charge in [-0.05, 0) is 20.3 Å². The fourth-order valence-electron chi connectivity index (χ4n) is 2.22. The van der Waals surface area contributed by atoms with Gasteiger partial charge in [-0.25, -0.2) is 0 Å². The van der Waals surface area contributed by atoms with E-state index in [-0.39, 0.29) is 6.10 Å². The Kier molecular flexibility index (Phi) is 19.7. The summed E-state index contributed by atoms with van der Waals surface area (Å²) in [6.45, 7) is 11.1. The van der Waals surface area contributed by atoms with Crippen LogP contribution < -0.4 is 0 Å². The lowest BCUT2D eigenvalue weighted by Gasteiger charge is -2.08. The van der Waals surface area contributed by atoms with Gasteiger partial charge >= 0.3 is 0 Å². The van der Waals surface area contributed by atoms with Crippen molar-refractivity contribution < 1.29 is 18.9 Å². The summed E-state index contributed by atoms with van der Waals surface area (Å²) in [4.78, 5) is 0. The van der Waals surface area contributed by atoms with E-state index in [1.165, 1.54) is 51.4 Å². The summed E-state index contributed by atoms with van der Waals surface area (Å²) in [5.41, 5.74) is 0. The standard InChI is InChI=1S/C19H40O4/c1-4-5-6-7-8-9-10-11-12-20-13-14-21-15-16-22-17-18-23-19(2)3/h19H,4-18H2,1-3H3. The average molecular weight is 333 g/mol. The van der Waals surface area contributed by atoms with E-state index in [1.807, 2.05) is 13.8 Å². The third-order valence-corrected chi connectivity index (χ3v) is 3.57.